The van der Waals surface area contributed by atoms with E-state index in [0.29, 0.717) is 16.7 Å². The average molecular weight is 1660 g/mol. The molecule has 600 valence electrons. The molecule has 0 N–H and O–H groups in total. The molecule has 111 heavy (non-hydrogen) atoms. The van der Waals surface area contributed by atoms with Gasteiger partial charge in [0.1, 0.15) is 69.8 Å². The zero-order valence-corrected chi connectivity index (χ0v) is 61.3. The molecule has 0 fully saturated rings. The Labute approximate surface area is 620 Å². The first-order valence-corrected chi connectivity index (χ1v) is 38.5. The molecule has 0 atom stereocenters. The van der Waals surface area contributed by atoms with Crippen molar-refractivity contribution >= 4 is 53.6 Å². The fraction of sp³-hybridized carbons (Fsp3) is 0.299. The van der Waals surface area contributed by atoms with Gasteiger partial charge in [0.25, 0.3) is 0 Å². The van der Waals surface area contributed by atoms with E-state index in [2.05, 4.69) is 0 Å². The number of ether oxygens (including phenoxy) is 3. The first-order valence-electron chi connectivity index (χ1n) is 32.4. The summed E-state index contributed by atoms with van der Waals surface area (Å²) in [5.74, 6) is -54.9. The average Bonchev–Trinajstić information content (AvgIpc) is 0.695. The molecule has 0 spiro atoms. The van der Waals surface area contributed by atoms with Crippen LogP contribution in [0.2, 0.25) is 0 Å². The van der Waals surface area contributed by atoms with E-state index in [4.69, 9.17) is 14.2 Å². The molecule has 9 aromatic carbocycles. The smallest absolute Gasteiger partial charge is 0.460 e. The molecule has 9 rings (SSSR count). The topological polar surface area (TPSA) is 27.7 Å². The van der Waals surface area contributed by atoms with Crippen LogP contribution in [-0.2, 0) is 18.5 Å². The predicted molar refractivity (Wildman–Crippen MR) is 374 cm³/mol. The van der Waals surface area contributed by atoms with Crippen molar-refractivity contribution in [2.75, 3.05) is 27.5 Å². The minimum Gasteiger partial charge on any atom is -0.497 e. The third-order valence-electron chi connectivity index (χ3n) is 18.0. The van der Waals surface area contributed by atoms with Gasteiger partial charge in [0.05, 0.1) is 39.8 Å². The minimum absolute atomic E-state index is 0.0159. The quantitative estimate of drug-likeness (QED) is 0.0379. The third kappa shape index (κ3) is 17.0. The van der Waals surface area contributed by atoms with Crippen molar-refractivity contribution in [1.29, 1.82) is 0 Å². The van der Waals surface area contributed by atoms with Crippen LogP contribution in [0.1, 0.15) is 33.4 Å². The van der Waals surface area contributed by atoms with Crippen molar-refractivity contribution < 1.29 is 137 Å². The standard InChI is InChI=1S/C27H23F11P.C25H21F9O3P.C25H22F8P/c1-17-4-10-20(11-5-17)39(21-12-6-18(2)7-13-21,22-14-8-19(3)9-15-22)16-23(28,29)24(30,31)25(32,33)26(34,35)27(36,37)38;1-35-16-7-4-10-19(13-16)38(20-11-5-8-17(14-20)36-2,21-12-6-9-18(15-21)37-3)25(33,34)23(28,29)22(26,27)24(30,31)32;26-22(27)23(28,29)24(30,31)25(32,33)34(16-19-10-4-1-5-11-19,17-20-12-6-2-7-13-20)18-21-14-8-3-9-15-21/h4-15H,16H2,1-3H3;4-15H,1-3H3;1-15,22H,16-18H2/q3*+1. The largest absolute Gasteiger partial charge is 0.497 e. The van der Waals surface area contributed by atoms with Crippen molar-refractivity contribution in [2.24, 2.45) is 0 Å². The van der Waals surface area contributed by atoms with Gasteiger partial charge in [-0.1, -0.05) is 162 Å². The van der Waals surface area contributed by atoms with Gasteiger partial charge >= 0.3 is 77.5 Å². The Morgan fingerprint density at radius 2 is 0.568 bits per heavy atom. The summed E-state index contributed by atoms with van der Waals surface area (Å²) in [5.41, 5.74) is -8.82. The Hall–Kier alpha value is -8.29. The van der Waals surface area contributed by atoms with Crippen LogP contribution in [0.15, 0.2) is 237 Å². The van der Waals surface area contributed by atoms with E-state index in [0.717, 1.165) is 75.9 Å². The van der Waals surface area contributed by atoms with Crippen LogP contribution >= 0.6 is 21.8 Å². The van der Waals surface area contributed by atoms with Crippen LogP contribution in [0.5, 0.6) is 17.2 Å². The summed E-state index contributed by atoms with van der Waals surface area (Å²) in [4.78, 5) is 0. The zero-order valence-electron chi connectivity index (χ0n) is 58.6. The Morgan fingerprint density at radius 1 is 0.288 bits per heavy atom. The monoisotopic (exact) mass is 1660 g/mol. The Kier molecular flexibility index (Phi) is 27.1. The summed E-state index contributed by atoms with van der Waals surface area (Å²) in [6.07, 6.45) is -23.2. The minimum atomic E-state index is -7.47. The second-order valence-electron chi connectivity index (χ2n) is 25.5. The number of hydrogen-bond donors (Lipinski definition) is 0. The number of methoxy groups -OCH3 is 3. The molecule has 0 aliphatic rings. The summed E-state index contributed by atoms with van der Waals surface area (Å²) >= 11 is 0. The summed E-state index contributed by atoms with van der Waals surface area (Å²) in [6, 6.07) is 52.1. The predicted octanol–water partition coefficient (Wildman–Crippen LogP) is 23.2. The highest BCUT2D eigenvalue weighted by atomic mass is 31.2. The number of alkyl halides is 28. The molecule has 0 aromatic heterocycles. The van der Waals surface area contributed by atoms with Crippen LogP contribution in [-0.4, -0.2) is 105 Å². The summed E-state index contributed by atoms with van der Waals surface area (Å²) in [6.45, 7) is 4.93. The molecule has 9 aromatic rings. The van der Waals surface area contributed by atoms with E-state index in [1.807, 2.05) is 0 Å². The molecule has 0 bridgehead atoms. The van der Waals surface area contributed by atoms with E-state index in [-0.39, 0.29) is 49.9 Å². The first kappa shape index (κ1) is 89.9. The van der Waals surface area contributed by atoms with Gasteiger partial charge in [-0.25, -0.2) is 8.78 Å². The van der Waals surface area contributed by atoms with E-state index in [1.165, 1.54) is 164 Å². The maximum atomic E-state index is 16.5. The molecule has 0 saturated carbocycles. The molecule has 0 aliphatic carbocycles. The summed E-state index contributed by atoms with van der Waals surface area (Å²) < 4.78 is 417. The van der Waals surface area contributed by atoms with E-state index >= 15 is 35.1 Å². The van der Waals surface area contributed by atoms with E-state index in [9.17, 15) is 87.8 Å². The van der Waals surface area contributed by atoms with Crippen molar-refractivity contribution in [3.05, 3.63) is 270 Å². The number of aryl methyl sites for hydroxylation is 3. The van der Waals surface area contributed by atoms with Crippen molar-refractivity contribution in [2.45, 2.75) is 117 Å². The van der Waals surface area contributed by atoms with Crippen LogP contribution in [0.25, 0.3) is 0 Å². The highest BCUT2D eigenvalue weighted by molar-refractivity contribution is 7.97. The zero-order chi connectivity index (χ0) is 83.3. The maximum Gasteiger partial charge on any atom is 0.460 e. The SMILES string of the molecule is COc1cccc([P+](c2cccc(OC)c2)(c2cccc(OC)c2)C(F)(F)C(F)(F)C(F)(F)C(F)(F)F)c1.Cc1ccc([P+](CC(F)(F)C(F)(F)C(F)(F)C(F)(F)C(F)(F)F)(c2ccc(C)cc2)c2ccc(C)cc2)cc1.FC(F)C(F)(F)C(F)(F)C(F)(F)[P+](Cc1ccccc1)(Cc1ccccc1)Cc1ccccc1. The number of benzene rings is 9. The number of hydrogen-bond acceptors (Lipinski definition) is 3. The van der Waals surface area contributed by atoms with Crippen LogP contribution in [0, 0.1) is 20.8 Å². The Morgan fingerprint density at radius 3 is 0.829 bits per heavy atom. The van der Waals surface area contributed by atoms with E-state index in [1.54, 1.807) is 39.0 Å². The fourth-order valence-corrected chi connectivity index (χ4v) is 24.9. The number of halogens is 28. The molecule has 3 nitrogen and oxygen atoms in total. The van der Waals surface area contributed by atoms with Crippen LogP contribution in [0.4, 0.5) is 123 Å². The fourth-order valence-electron chi connectivity index (χ4n) is 12.0. The van der Waals surface area contributed by atoms with Crippen LogP contribution < -0.4 is 46.0 Å². The molecule has 0 aliphatic heterocycles. The van der Waals surface area contributed by atoms with Gasteiger partial charge in [0.15, 0.2) is 7.26 Å². The molecule has 0 amide bonds. The normalized spacial score (nSPS) is 13.5. The molecule has 0 heterocycles. The summed E-state index contributed by atoms with van der Waals surface area (Å²) in [5, 5.41) is -1.91. The van der Waals surface area contributed by atoms with Gasteiger partial charge in [0, 0.05) is 18.2 Å². The lowest BCUT2D eigenvalue weighted by atomic mass is 9.99. The second kappa shape index (κ2) is 33.4. The van der Waals surface area contributed by atoms with Crippen LogP contribution in [0.3, 0.4) is 0 Å². The number of rotatable bonds is 27. The van der Waals surface area contributed by atoms with E-state index < -0.39 is 140 Å². The molecule has 34 heteroatoms. The van der Waals surface area contributed by atoms with Gasteiger partial charge < -0.3 is 14.2 Å². The highest BCUT2D eigenvalue weighted by Crippen LogP contribution is 2.81. The second-order valence-corrected chi connectivity index (χ2v) is 36.2. The van der Waals surface area contributed by atoms with Gasteiger partial charge in [-0.2, -0.15) is 114 Å². The Bertz CT molecular complexity index is 4180. The maximum absolute atomic E-state index is 16.5. The van der Waals surface area contributed by atoms with Gasteiger partial charge in [-0.15, -0.1) is 0 Å². The third-order valence-corrected chi connectivity index (χ3v) is 31.1. The molecule has 0 saturated heterocycles. The first-order chi connectivity index (χ1) is 51.2. The van der Waals surface area contributed by atoms with Crippen molar-refractivity contribution in [3.63, 3.8) is 0 Å². The lowest BCUT2D eigenvalue weighted by Crippen LogP contribution is -2.67. The summed E-state index contributed by atoms with van der Waals surface area (Å²) in [7, 11) is -10.7. The van der Waals surface area contributed by atoms with Crippen molar-refractivity contribution in [1.82, 2.24) is 0 Å². The lowest BCUT2D eigenvalue weighted by Gasteiger charge is -2.40. The van der Waals surface area contributed by atoms with Gasteiger partial charge in [0.2, 0.25) is 0 Å². The Balaban J connectivity index is 0.000000232. The van der Waals surface area contributed by atoms with Crippen molar-refractivity contribution in [3.8, 4) is 17.2 Å². The molecular formula is C77H66F28O3P3+3. The highest BCUT2D eigenvalue weighted by Gasteiger charge is 2.92. The van der Waals surface area contributed by atoms with Gasteiger partial charge in [-0.05, 0) is 110 Å². The molecule has 0 unspecified atom stereocenters. The van der Waals surface area contributed by atoms with Gasteiger partial charge in [-0.3, -0.25) is 0 Å². The lowest BCUT2D eigenvalue weighted by molar-refractivity contribution is -0.419. The molecule has 0 radical (unpaired) electrons. The molecular weight excluding hydrogens is 1600 g/mol.